The number of nitrogens with zero attached hydrogens (tertiary/aromatic N) is 3. The molecule has 4 heteroatoms. The molecule has 0 spiro atoms. The molecule has 3 heterocycles. The summed E-state index contributed by atoms with van der Waals surface area (Å²) < 4.78 is 7.97. The lowest BCUT2D eigenvalue weighted by molar-refractivity contribution is 0.301. The van der Waals surface area contributed by atoms with Crippen LogP contribution in [0.5, 0.6) is 5.75 Å². The van der Waals surface area contributed by atoms with Crippen molar-refractivity contribution in [3.63, 3.8) is 0 Å². The molecule has 1 aliphatic rings. The van der Waals surface area contributed by atoms with Gasteiger partial charge in [0.2, 0.25) is 0 Å². The summed E-state index contributed by atoms with van der Waals surface area (Å²) >= 11 is 0. The molecule has 0 fully saturated rings. The molecule has 3 aromatic carbocycles. The summed E-state index contributed by atoms with van der Waals surface area (Å²) in [5.41, 5.74) is 8.15. The van der Waals surface area contributed by atoms with E-state index >= 15 is 0 Å². The van der Waals surface area contributed by atoms with Gasteiger partial charge in [0.25, 0.3) is 0 Å². The van der Waals surface area contributed by atoms with Gasteiger partial charge in [0, 0.05) is 22.1 Å². The lowest BCUT2D eigenvalue weighted by Crippen LogP contribution is -2.08. The van der Waals surface area contributed by atoms with Crippen molar-refractivity contribution in [1.82, 2.24) is 14.8 Å². The van der Waals surface area contributed by atoms with E-state index in [1.165, 1.54) is 5.56 Å². The van der Waals surface area contributed by atoms with Crippen molar-refractivity contribution >= 4 is 11.0 Å². The van der Waals surface area contributed by atoms with E-state index in [9.17, 15) is 0 Å². The van der Waals surface area contributed by atoms with E-state index in [0.29, 0.717) is 6.61 Å². The third kappa shape index (κ3) is 2.61. The predicted octanol–water partition coefficient (Wildman–Crippen LogP) is 5.96. The van der Waals surface area contributed by atoms with Gasteiger partial charge >= 0.3 is 0 Å². The molecule has 0 bridgehead atoms. The third-order valence-corrected chi connectivity index (χ3v) is 5.56. The number of benzene rings is 3. The van der Waals surface area contributed by atoms with Gasteiger partial charge in [-0.1, -0.05) is 60.2 Å². The Morgan fingerprint density at radius 1 is 0.833 bits per heavy atom. The van der Waals surface area contributed by atoms with E-state index < -0.39 is 0 Å². The largest absolute Gasteiger partial charge is 0.488 e. The van der Waals surface area contributed by atoms with E-state index in [0.717, 1.165) is 50.5 Å². The molecule has 0 N–H and O–H groups in total. The maximum atomic E-state index is 6.02. The van der Waals surface area contributed by atoms with Gasteiger partial charge in [-0.15, -0.1) is 0 Å². The number of aryl methyl sites for hydroxylation is 1. The third-order valence-electron chi connectivity index (χ3n) is 5.56. The molecule has 2 aromatic heterocycles. The van der Waals surface area contributed by atoms with Gasteiger partial charge < -0.3 is 4.74 Å². The number of hydrogen-bond acceptors (Lipinski definition) is 3. The molecule has 0 saturated heterocycles. The van der Waals surface area contributed by atoms with Gasteiger partial charge in [-0.05, 0) is 37.3 Å². The van der Waals surface area contributed by atoms with Crippen molar-refractivity contribution in [3.8, 4) is 34.0 Å². The normalized spacial score (nSPS) is 12.3. The Bertz CT molecular complexity index is 1390. The second-order valence-electron chi connectivity index (χ2n) is 7.62. The molecule has 1 aliphatic heterocycles. The first-order valence-electron chi connectivity index (χ1n) is 10.1. The zero-order chi connectivity index (χ0) is 20.1. The molecule has 0 radical (unpaired) electrons. The highest BCUT2D eigenvalue weighted by Gasteiger charge is 2.23. The van der Waals surface area contributed by atoms with Gasteiger partial charge in [-0.3, -0.25) is 0 Å². The van der Waals surface area contributed by atoms with Crippen LogP contribution in [0.4, 0.5) is 0 Å². The highest BCUT2D eigenvalue weighted by atomic mass is 16.5. The number of rotatable bonds is 2. The van der Waals surface area contributed by atoms with Crippen LogP contribution in [-0.2, 0) is 6.61 Å². The van der Waals surface area contributed by atoms with Gasteiger partial charge in [0.1, 0.15) is 18.1 Å². The van der Waals surface area contributed by atoms with Crippen molar-refractivity contribution in [2.75, 3.05) is 0 Å². The number of hydrogen-bond donors (Lipinski definition) is 0. The van der Waals surface area contributed by atoms with Crippen LogP contribution in [0.3, 0.4) is 0 Å². The Morgan fingerprint density at radius 3 is 2.40 bits per heavy atom. The molecule has 4 nitrogen and oxygen atoms in total. The minimum Gasteiger partial charge on any atom is -0.488 e. The zero-order valence-corrected chi connectivity index (χ0v) is 16.5. The Morgan fingerprint density at radius 2 is 1.60 bits per heavy atom. The van der Waals surface area contributed by atoms with Crippen molar-refractivity contribution in [1.29, 1.82) is 0 Å². The summed E-state index contributed by atoms with van der Waals surface area (Å²) in [7, 11) is 0. The number of aromatic nitrogens is 3. The first-order valence-corrected chi connectivity index (χ1v) is 10.1. The SMILES string of the molecule is Cc1ccc2c(c1)-c1nc3c(cc1CO2)c(-c1ccccc1)nn3-c1ccccc1. The minimum absolute atomic E-state index is 0.513. The smallest absolute Gasteiger partial charge is 0.164 e. The van der Waals surface area contributed by atoms with Crippen LogP contribution in [0, 0.1) is 6.92 Å². The van der Waals surface area contributed by atoms with E-state index in [1.807, 2.05) is 47.1 Å². The molecular weight excluding hydrogens is 370 g/mol. The fourth-order valence-electron chi connectivity index (χ4n) is 4.09. The summed E-state index contributed by atoms with van der Waals surface area (Å²) in [6.45, 7) is 2.61. The van der Waals surface area contributed by atoms with Crippen molar-refractivity contribution in [2.45, 2.75) is 13.5 Å². The molecule has 5 aromatic rings. The van der Waals surface area contributed by atoms with Crippen molar-refractivity contribution in [2.24, 2.45) is 0 Å². The average molecular weight is 389 g/mol. The van der Waals surface area contributed by atoms with E-state index in [1.54, 1.807) is 0 Å². The predicted molar refractivity (Wildman–Crippen MR) is 119 cm³/mol. The second-order valence-corrected chi connectivity index (χ2v) is 7.62. The maximum absolute atomic E-state index is 6.02. The second kappa shape index (κ2) is 6.56. The van der Waals surface area contributed by atoms with Gasteiger partial charge in [0.15, 0.2) is 5.65 Å². The quantitative estimate of drug-likeness (QED) is 0.374. The Balaban J connectivity index is 1.68. The molecule has 0 aliphatic carbocycles. The van der Waals surface area contributed by atoms with Crippen LogP contribution in [0.1, 0.15) is 11.1 Å². The molecule has 0 atom stereocenters. The standard InChI is InChI=1S/C26H19N3O/c1-17-12-13-23-21(14-17)24-19(16-30-23)15-22-25(18-8-4-2-5-9-18)28-29(26(22)27-24)20-10-6-3-7-11-20/h2-15H,16H2,1H3. The lowest BCUT2D eigenvalue weighted by atomic mass is 9.99. The summed E-state index contributed by atoms with van der Waals surface area (Å²) in [6.07, 6.45) is 0. The van der Waals surface area contributed by atoms with Gasteiger partial charge in [-0.2, -0.15) is 5.10 Å². The summed E-state index contributed by atoms with van der Waals surface area (Å²) in [5, 5.41) is 6.02. The Kier molecular flexibility index (Phi) is 3.71. The summed E-state index contributed by atoms with van der Waals surface area (Å²) in [5.74, 6) is 0.883. The number of para-hydroxylation sites is 1. The average Bonchev–Trinajstić information content (AvgIpc) is 3.17. The lowest BCUT2D eigenvalue weighted by Gasteiger charge is -2.20. The van der Waals surface area contributed by atoms with Crippen LogP contribution in [0.25, 0.3) is 39.2 Å². The summed E-state index contributed by atoms with van der Waals surface area (Å²) in [6, 6.07) is 28.9. The Hall–Kier alpha value is -3.92. The van der Waals surface area contributed by atoms with E-state index in [4.69, 9.17) is 14.8 Å². The van der Waals surface area contributed by atoms with Crippen LogP contribution < -0.4 is 4.74 Å². The van der Waals surface area contributed by atoms with E-state index in [2.05, 4.69) is 49.4 Å². The molecule has 0 saturated carbocycles. The number of fused-ring (bicyclic) bond motifs is 4. The van der Waals surface area contributed by atoms with E-state index in [-0.39, 0.29) is 0 Å². The molecule has 144 valence electrons. The first-order chi connectivity index (χ1) is 14.8. The molecule has 6 rings (SSSR count). The molecule has 0 amide bonds. The van der Waals surface area contributed by atoms with Crippen molar-refractivity contribution in [3.05, 3.63) is 96.1 Å². The zero-order valence-electron chi connectivity index (χ0n) is 16.5. The van der Waals surface area contributed by atoms with Gasteiger partial charge in [-0.25, -0.2) is 9.67 Å². The topological polar surface area (TPSA) is 39.9 Å². The number of pyridine rings is 1. The highest BCUT2D eigenvalue weighted by Crippen LogP contribution is 2.40. The van der Waals surface area contributed by atoms with Crippen molar-refractivity contribution < 1.29 is 4.74 Å². The molecule has 0 unspecified atom stereocenters. The Labute approximate surface area is 174 Å². The fraction of sp³-hybridized carbons (Fsp3) is 0.0769. The highest BCUT2D eigenvalue weighted by molar-refractivity contribution is 5.94. The maximum Gasteiger partial charge on any atom is 0.164 e. The van der Waals surface area contributed by atoms with Crippen LogP contribution in [-0.4, -0.2) is 14.8 Å². The van der Waals surface area contributed by atoms with Crippen LogP contribution in [0.15, 0.2) is 84.9 Å². The van der Waals surface area contributed by atoms with Crippen LogP contribution >= 0.6 is 0 Å². The monoisotopic (exact) mass is 389 g/mol. The summed E-state index contributed by atoms with van der Waals surface area (Å²) in [4.78, 5) is 5.14. The number of ether oxygens (including phenoxy) is 1. The van der Waals surface area contributed by atoms with Crippen LogP contribution in [0.2, 0.25) is 0 Å². The van der Waals surface area contributed by atoms with Gasteiger partial charge in [0.05, 0.1) is 11.4 Å². The molecule has 30 heavy (non-hydrogen) atoms. The fourth-order valence-corrected chi connectivity index (χ4v) is 4.09. The minimum atomic E-state index is 0.513. The molecular formula is C26H19N3O. The first kappa shape index (κ1) is 17.0.